The number of ether oxygens (including phenoxy) is 3. The number of methoxy groups -OCH3 is 1. The highest BCUT2D eigenvalue weighted by Crippen LogP contribution is 2.48. The second kappa shape index (κ2) is 10.8. The monoisotopic (exact) mass is 490 g/mol. The summed E-state index contributed by atoms with van der Waals surface area (Å²) in [6, 6.07) is 10.9. The highest BCUT2D eigenvalue weighted by molar-refractivity contribution is 6.13. The Kier molecular flexibility index (Phi) is 7.52. The molecule has 4 rings (SSSR count). The second-order valence-corrected chi connectivity index (χ2v) is 8.68. The Morgan fingerprint density at radius 1 is 1.08 bits per heavy atom. The molecule has 0 bridgehead atoms. The van der Waals surface area contributed by atoms with Crippen LogP contribution in [0.15, 0.2) is 71.3 Å². The van der Waals surface area contributed by atoms with Gasteiger partial charge in [0.2, 0.25) is 0 Å². The van der Waals surface area contributed by atoms with Crippen molar-refractivity contribution in [2.75, 3.05) is 20.3 Å². The second-order valence-electron chi connectivity index (χ2n) is 8.68. The van der Waals surface area contributed by atoms with Gasteiger partial charge in [-0.05, 0) is 56.5 Å². The van der Waals surface area contributed by atoms with Gasteiger partial charge in [0.15, 0.2) is 5.78 Å². The molecule has 8 nitrogen and oxygen atoms in total. The van der Waals surface area contributed by atoms with Crippen LogP contribution in [0.3, 0.4) is 0 Å². The Balaban J connectivity index is 1.88. The molecule has 0 fully saturated rings. The molecule has 1 aromatic carbocycles. The fraction of sp³-hybridized carbons (Fsp3) is 0.357. The molecule has 1 N–H and O–H groups in total. The van der Waals surface area contributed by atoms with Gasteiger partial charge in [-0.1, -0.05) is 18.2 Å². The first-order chi connectivity index (χ1) is 17.4. The van der Waals surface area contributed by atoms with Crippen molar-refractivity contribution in [1.29, 1.82) is 0 Å². The molecule has 1 aliphatic heterocycles. The topological polar surface area (TPSA) is 104 Å². The maximum atomic E-state index is 14.2. The Bertz CT molecular complexity index is 1230. The van der Waals surface area contributed by atoms with E-state index in [0.29, 0.717) is 40.3 Å². The molecule has 1 aliphatic carbocycles. The minimum absolute atomic E-state index is 0.150. The van der Waals surface area contributed by atoms with Crippen molar-refractivity contribution in [1.82, 2.24) is 10.3 Å². The molecule has 0 amide bonds. The Hall–Kier alpha value is -3.94. The third kappa shape index (κ3) is 4.63. The van der Waals surface area contributed by atoms with E-state index in [0.717, 1.165) is 5.56 Å². The lowest BCUT2D eigenvalue weighted by atomic mass is 9.67. The van der Waals surface area contributed by atoms with Crippen LogP contribution in [0.25, 0.3) is 0 Å². The number of carbonyl (C=O) groups is 3. The quantitative estimate of drug-likeness (QED) is 0.462. The van der Waals surface area contributed by atoms with Crippen molar-refractivity contribution in [3.63, 3.8) is 0 Å². The van der Waals surface area contributed by atoms with Crippen molar-refractivity contribution in [3.8, 4) is 5.75 Å². The van der Waals surface area contributed by atoms with Crippen LogP contribution >= 0.6 is 0 Å². The number of rotatable bonds is 7. The third-order valence-corrected chi connectivity index (χ3v) is 6.59. The third-order valence-electron chi connectivity index (χ3n) is 6.59. The molecule has 3 atom stereocenters. The number of hydrogen-bond acceptors (Lipinski definition) is 8. The molecule has 36 heavy (non-hydrogen) atoms. The molecule has 2 aliphatic rings. The summed E-state index contributed by atoms with van der Waals surface area (Å²) in [4.78, 5) is 44.7. The Labute approximate surface area is 210 Å². The number of nitrogens with one attached hydrogen (secondary N) is 1. The average molecular weight is 491 g/mol. The lowest BCUT2D eigenvalue weighted by Gasteiger charge is -2.39. The molecule has 0 spiro atoms. The number of Topliss-reactive ketones (excluding diaryl/α,β-unsaturated/α-hetero) is 1. The summed E-state index contributed by atoms with van der Waals surface area (Å²) in [7, 11) is 1.57. The fourth-order valence-corrected chi connectivity index (χ4v) is 5.08. The largest absolute Gasteiger partial charge is 0.497 e. The maximum Gasteiger partial charge on any atom is 0.336 e. The van der Waals surface area contributed by atoms with Gasteiger partial charge >= 0.3 is 11.9 Å². The molecule has 8 heteroatoms. The Morgan fingerprint density at radius 3 is 2.50 bits per heavy atom. The molecule has 188 valence electrons. The minimum Gasteiger partial charge on any atom is -0.497 e. The van der Waals surface area contributed by atoms with Crippen LogP contribution in [0, 0.1) is 5.92 Å². The number of aromatic nitrogens is 1. The van der Waals surface area contributed by atoms with Crippen LogP contribution in [-0.2, 0) is 23.9 Å². The summed E-state index contributed by atoms with van der Waals surface area (Å²) in [6.07, 6.45) is 3.64. The van der Waals surface area contributed by atoms with E-state index in [1.54, 1.807) is 46.3 Å². The highest BCUT2D eigenvalue weighted by Gasteiger charge is 2.49. The summed E-state index contributed by atoms with van der Waals surface area (Å²) in [5, 5.41) is 3.29. The normalized spacial score (nSPS) is 21.4. The molecular weight excluding hydrogens is 460 g/mol. The summed E-state index contributed by atoms with van der Waals surface area (Å²) >= 11 is 0. The molecule has 1 aromatic heterocycles. The first kappa shape index (κ1) is 25.2. The number of dihydropyridines is 1. The molecule has 0 saturated heterocycles. The van der Waals surface area contributed by atoms with Crippen LogP contribution < -0.4 is 10.1 Å². The molecule has 2 heterocycles. The number of benzene rings is 1. The van der Waals surface area contributed by atoms with Crippen molar-refractivity contribution >= 4 is 17.7 Å². The van der Waals surface area contributed by atoms with Gasteiger partial charge in [0.25, 0.3) is 0 Å². The standard InChI is InChI=1S/C28H30N2O6/c1-5-35-27(32)22-16(3)30-21-14-20(17-9-7-11-19(13-17)34-4)24(28(33)36-6-2)26(31)25(21)23(22)18-10-8-12-29-15-18/h7-13,15,20,23-24,30H,5-6,14H2,1-4H3. The predicted molar refractivity (Wildman–Crippen MR) is 132 cm³/mol. The van der Waals surface area contributed by atoms with Gasteiger partial charge in [-0.2, -0.15) is 0 Å². The van der Waals surface area contributed by atoms with Crippen LogP contribution in [-0.4, -0.2) is 43.0 Å². The van der Waals surface area contributed by atoms with E-state index in [9.17, 15) is 14.4 Å². The first-order valence-electron chi connectivity index (χ1n) is 12.0. The molecule has 0 saturated carbocycles. The van der Waals surface area contributed by atoms with E-state index in [-0.39, 0.29) is 19.0 Å². The first-order valence-corrected chi connectivity index (χ1v) is 12.0. The summed E-state index contributed by atoms with van der Waals surface area (Å²) in [5.41, 5.74) is 3.45. The highest BCUT2D eigenvalue weighted by atomic mass is 16.5. The number of carbonyl (C=O) groups excluding carboxylic acids is 3. The Morgan fingerprint density at radius 2 is 1.83 bits per heavy atom. The number of ketones is 1. The van der Waals surface area contributed by atoms with Gasteiger partial charge in [0, 0.05) is 41.2 Å². The van der Waals surface area contributed by atoms with E-state index in [1.807, 2.05) is 30.3 Å². The van der Waals surface area contributed by atoms with Crippen molar-refractivity contribution < 1.29 is 28.6 Å². The van der Waals surface area contributed by atoms with E-state index in [4.69, 9.17) is 14.2 Å². The minimum atomic E-state index is -1.07. The number of pyridine rings is 1. The number of allylic oxidation sites excluding steroid dienone is 3. The maximum absolute atomic E-state index is 14.2. The molecule has 3 unspecified atom stereocenters. The predicted octanol–water partition coefficient (Wildman–Crippen LogP) is 3.80. The van der Waals surface area contributed by atoms with Crippen LogP contribution in [0.1, 0.15) is 50.2 Å². The van der Waals surface area contributed by atoms with Gasteiger partial charge in [-0.15, -0.1) is 0 Å². The lowest BCUT2D eigenvalue weighted by Crippen LogP contribution is -2.43. The SMILES string of the molecule is CCOC(=O)C1=C(C)NC2=C(C(=O)C(C(=O)OCC)C(c3cccc(OC)c3)C2)C1c1cccnc1. The zero-order chi connectivity index (χ0) is 25.8. The van der Waals surface area contributed by atoms with Gasteiger partial charge in [0.1, 0.15) is 11.7 Å². The summed E-state index contributed by atoms with van der Waals surface area (Å²) in [6.45, 7) is 5.58. The number of nitrogens with zero attached hydrogens (tertiary/aromatic N) is 1. The van der Waals surface area contributed by atoms with Crippen molar-refractivity contribution in [2.45, 2.75) is 39.0 Å². The van der Waals surface area contributed by atoms with Gasteiger partial charge in [-0.3, -0.25) is 14.6 Å². The van der Waals surface area contributed by atoms with Crippen LogP contribution in [0.4, 0.5) is 0 Å². The van der Waals surface area contributed by atoms with Crippen molar-refractivity contribution in [2.24, 2.45) is 5.92 Å². The van der Waals surface area contributed by atoms with E-state index >= 15 is 0 Å². The van der Waals surface area contributed by atoms with Crippen LogP contribution in [0.5, 0.6) is 5.75 Å². The van der Waals surface area contributed by atoms with Gasteiger partial charge in [-0.25, -0.2) is 4.79 Å². The average Bonchev–Trinajstić information content (AvgIpc) is 2.88. The zero-order valence-electron chi connectivity index (χ0n) is 20.9. The van der Waals surface area contributed by atoms with E-state index in [1.165, 1.54) is 0 Å². The summed E-state index contributed by atoms with van der Waals surface area (Å²) in [5.74, 6) is -3.10. The summed E-state index contributed by atoms with van der Waals surface area (Å²) < 4.78 is 16.1. The number of hydrogen-bond donors (Lipinski definition) is 1. The molecular formula is C28H30N2O6. The van der Waals surface area contributed by atoms with E-state index in [2.05, 4.69) is 10.3 Å². The van der Waals surface area contributed by atoms with Crippen LogP contribution in [0.2, 0.25) is 0 Å². The molecule has 2 aromatic rings. The van der Waals surface area contributed by atoms with Crippen molar-refractivity contribution in [3.05, 3.63) is 82.5 Å². The van der Waals surface area contributed by atoms with Gasteiger partial charge < -0.3 is 19.5 Å². The molecule has 0 radical (unpaired) electrons. The fourth-order valence-electron chi connectivity index (χ4n) is 5.08. The van der Waals surface area contributed by atoms with Gasteiger partial charge in [0.05, 0.1) is 25.9 Å². The smallest absolute Gasteiger partial charge is 0.336 e. The van der Waals surface area contributed by atoms with E-state index < -0.39 is 29.7 Å². The zero-order valence-corrected chi connectivity index (χ0v) is 20.9. The lowest BCUT2D eigenvalue weighted by molar-refractivity contribution is -0.152. The number of esters is 2.